The van der Waals surface area contributed by atoms with Crippen molar-refractivity contribution in [3.05, 3.63) is 357 Å². The maximum absolute atomic E-state index is 2.60. The van der Waals surface area contributed by atoms with Gasteiger partial charge in [-0.15, -0.1) is 0 Å². The predicted octanol–water partition coefficient (Wildman–Crippen LogP) is 27.1. The van der Waals surface area contributed by atoms with Gasteiger partial charge in [0, 0.05) is 66.8 Å². The van der Waals surface area contributed by atoms with Gasteiger partial charge in [0.2, 0.25) is 0 Å². The SMILES string of the molecule is CC1(C)c2ccccc2-c2cc3c(N(c4ccc5ccccc5c4)c4ccc5cc6ccccc6cc5c4)c4cc(N(c5ccc6ccccc6c5)c5ccc6cc7ccccc7cc6c5)ccc4c(N(c4ccc5ccccc5c4)c4ccc5cc6ccccc6cc5c4)c3cc21. The van der Waals surface area contributed by atoms with Gasteiger partial charge in [-0.05, 0) is 253 Å². The van der Waals surface area contributed by atoms with Gasteiger partial charge < -0.3 is 14.7 Å². The number of anilines is 9. The molecule has 3 nitrogen and oxygen atoms in total. The minimum atomic E-state index is -0.320. The van der Waals surface area contributed by atoms with Crippen molar-refractivity contribution in [2.75, 3.05) is 14.7 Å². The van der Waals surface area contributed by atoms with Crippen LogP contribution in [-0.2, 0) is 5.41 Å². The molecule has 98 heavy (non-hydrogen) atoms. The van der Waals surface area contributed by atoms with Crippen molar-refractivity contribution in [2.45, 2.75) is 19.3 Å². The Morgan fingerprint density at radius 2 is 0.439 bits per heavy atom. The monoisotopic (exact) mass is 1250 g/mol. The van der Waals surface area contributed by atoms with Crippen molar-refractivity contribution in [1.29, 1.82) is 0 Å². The smallest absolute Gasteiger partial charge is 0.0620 e. The van der Waals surface area contributed by atoms with E-state index in [0.29, 0.717) is 0 Å². The quantitative estimate of drug-likeness (QED) is 0.105. The number of hydrogen-bond donors (Lipinski definition) is 0. The topological polar surface area (TPSA) is 9.72 Å². The molecule has 0 saturated heterocycles. The van der Waals surface area contributed by atoms with E-state index in [1.807, 2.05) is 0 Å². The number of benzene rings is 19. The van der Waals surface area contributed by atoms with Crippen molar-refractivity contribution >= 4 is 170 Å². The molecular weight excluding hydrogens is 1180 g/mol. The van der Waals surface area contributed by atoms with Crippen LogP contribution in [0.5, 0.6) is 0 Å². The standard InChI is InChI=1S/C95H63N3/c1-95(2)91-30-16-15-29-85(91)87-58-89-90(59-92(87)95)93(97(80-38-32-61-18-4-7-27-70(61)52-80)82-41-35-73-46-64-21-10-13-24-67(64)49-76(73)55-82)86-44-43-84(96(78-37-31-60-17-3-6-26-69(60)51-78)79-40-34-72-45-63-20-9-12-23-66(63)48-75(72)54-79)57-88(86)94(89)98(81-39-33-62-19-5-8-28-71(62)53-81)83-42-36-74-47-65-22-11-14-25-68(65)50-77(74)56-83/h3-59H,1-2H3. The van der Waals surface area contributed by atoms with Crippen molar-refractivity contribution in [1.82, 2.24) is 0 Å². The van der Waals surface area contributed by atoms with Gasteiger partial charge in [-0.1, -0.05) is 226 Å². The van der Waals surface area contributed by atoms with Crippen molar-refractivity contribution in [3.63, 3.8) is 0 Å². The van der Waals surface area contributed by atoms with Crippen LogP contribution in [0.4, 0.5) is 51.2 Å². The third-order valence-corrected chi connectivity index (χ3v) is 21.3. The molecule has 0 unspecified atom stereocenters. The fraction of sp³-hybridized carbons (Fsp3) is 0.0316. The van der Waals surface area contributed by atoms with Gasteiger partial charge in [0.15, 0.2) is 0 Å². The lowest BCUT2D eigenvalue weighted by Gasteiger charge is -2.34. The Morgan fingerprint density at radius 3 is 0.847 bits per heavy atom. The summed E-state index contributed by atoms with van der Waals surface area (Å²) in [5.41, 5.74) is 14.5. The van der Waals surface area contributed by atoms with Crippen LogP contribution >= 0.6 is 0 Å². The largest absolute Gasteiger partial charge is 0.310 e. The Bertz CT molecular complexity index is 6580. The molecule has 0 atom stereocenters. The zero-order valence-corrected chi connectivity index (χ0v) is 54.3. The second-order valence-corrected chi connectivity index (χ2v) is 27.3. The average molecular weight is 1250 g/mol. The highest BCUT2D eigenvalue weighted by Gasteiger charge is 2.38. The molecule has 458 valence electrons. The number of nitrogens with zero attached hydrogens (tertiary/aromatic N) is 3. The predicted molar refractivity (Wildman–Crippen MR) is 421 cm³/mol. The first-order valence-corrected chi connectivity index (χ1v) is 34.1. The highest BCUT2D eigenvalue weighted by atomic mass is 15.2. The normalized spacial score (nSPS) is 12.7. The zero-order chi connectivity index (χ0) is 64.7. The first kappa shape index (κ1) is 55.9. The summed E-state index contributed by atoms with van der Waals surface area (Å²) >= 11 is 0. The summed E-state index contributed by atoms with van der Waals surface area (Å²) < 4.78 is 0. The zero-order valence-electron chi connectivity index (χ0n) is 54.3. The number of hydrogen-bond acceptors (Lipinski definition) is 3. The van der Waals surface area contributed by atoms with Crippen molar-refractivity contribution in [2.24, 2.45) is 0 Å². The fourth-order valence-corrected chi connectivity index (χ4v) is 16.4. The molecule has 0 fully saturated rings. The van der Waals surface area contributed by atoms with Crippen LogP contribution in [0.2, 0.25) is 0 Å². The third kappa shape index (κ3) is 8.97. The van der Waals surface area contributed by atoms with Crippen LogP contribution in [0, 0.1) is 0 Å². The van der Waals surface area contributed by atoms with Gasteiger partial charge in [0.1, 0.15) is 0 Å². The van der Waals surface area contributed by atoms with E-state index in [1.54, 1.807) is 0 Å². The molecule has 20 rings (SSSR count). The van der Waals surface area contributed by atoms with E-state index in [-0.39, 0.29) is 5.41 Å². The molecule has 0 saturated carbocycles. The van der Waals surface area contributed by atoms with Crippen LogP contribution in [-0.4, -0.2) is 0 Å². The first-order chi connectivity index (χ1) is 48.3. The second-order valence-electron chi connectivity index (χ2n) is 27.3. The molecule has 0 aliphatic heterocycles. The Morgan fingerprint density at radius 1 is 0.173 bits per heavy atom. The minimum absolute atomic E-state index is 0.320. The Labute approximate surface area is 568 Å². The fourth-order valence-electron chi connectivity index (χ4n) is 16.4. The van der Waals surface area contributed by atoms with E-state index in [0.717, 1.165) is 72.7 Å². The van der Waals surface area contributed by atoms with E-state index in [1.165, 1.54) is 119 Å². The maximum atomic E-state index is 2.60. The average Bonchev–Trinajstić information content (AvgIpc) is 1.15. The summed E-state index contributed by atoms with van der Waals surface area (Å²) in [6.07, 6.45) is 0. The highest BCUT2D eigenvalue weighted by molar-refractivity contribution is 6.26. The molecule has 0 amide bonds. The summed E-state index contributed by atoms with van der Waals surface area (Å²) in [7, 11) is 0. The highest BCUT2D eigenvalue weighted by Crippen LogP contribution is 2.58. The molecular formula is C95H63N3. The molecule has 0 bridgehead atoms. The van der Waals surface area contributed by atoms with Crippen molar-refractivity contribution < 1.29 is 0 Å². The summed E-state index contributed by atoms with van der Waals surface area (Å²) in [6.45, 7) is 4.84. The molecule has 1 aliphatic carbocycles. The van der Waals surface area contributed by atoms with Gasteiger partial charge in [-0.3, -0.25) is 0 Å². The van der Waals surface area contributed by atoms with E-state index in [9.17, 15) is 0 Å². The van der Waals surface area contributed by atoms with Crippen LogP contribution < -0.4 is 14.7 Å². The number of fused-ring (bicyclic) bond motifs is 14. The summed E-state index contributed by atoms with van der Waals surface area (Å²) in [6, 6.07) is 131. The molecule has 0 N–H and O–H groups in total. The van der Waals surface area contributed by atoms with Gasteiger partial charge >= 0.3 is 0 Å². The van der Waals surface area contributed by atoms with E-state index in [4.69, 9.17) is 0 Å². The molecule has 0 aromatic heterocycles. The van der Waals surface area contributed by atoms with Gasteiger partial charge in [0.05, 0.1) is 11.4 Å². The molecule has 0 spiro atoms. The molecule has 1 aliphatic rings. The summed E-state index contributed by atoms with van der Waals surface area (Å²) in [5, 5.41) is 26.0. The van der Waals surface area contributed by atoms with Crippen LogP contribution in [0.3, 0.4) is 0 Å². The maximum Gasteiger partial charge on any atom is 0.0620 e. The van der Waals surface area contributed by atoms with E-state index < -0.39 is 0 Å². The second kappa shape index (κ2) is 21.7. The molecule has 0 radical (unpaired) electrons. The lowest BCUT2D eigenvalue weighted by molar-refractivity contribution is 0.661. The lowest BCUT2D eigenvalue weighted by Crippen LogP contribution is -2.17. The van der Waals surface area contributed by atoms with Crippen LogP contribution in [0.1, 0.15) is 25.0 Å². The lowest BCUT2D eigenvalue weighted by atomic mass is 9.81. The molecule has 19 aromatic rings. The number of rotatable bonds is 9. The Hall–Kier alpha value is -12.6. The molecule has 3 heteroatoms. The van der Waals surface area contributed by atoms with Crippen molar-refractivity contribution in [3.8, 4) is 11.1 Å². The molecule has 19 aromatic carbocycles. The Balaban J connectivity index is 0.962. The van der Waals surface area contributed by atoms with Gasteiger partial charge in [0.25, 0.3) is 0 Å². The van der Waals surface area contributed by atoms with E-state index >= 15 is 0 Å². The Kier molecular flexibility index (Phi) is 12.4. The third-order valence-electron chi connectivity index (χ3n) is 21.3. The minimum Gasteiger partial charge on any atom is -0.310 e. The van der Waals surface area contributed by atoms with Crippen LogP contribution in [0.25, 0.3) is 130 Å². The summed E-state index contributed by atoms with van der Waals surface area (Å²) in [4.78, 5) is 7.68. The van der Waals surface area contributed by atoms with Gasteiger partial charge in [-0.25, -0.2) is 0 Å². The van der Waals surface area contributed by atoms with Crippen LogP contribution in [0.15, 0.2) is 346 Å². The summed E-state index contributed by atoms with van der Waals surface area (Å²) in [5.74, 6) is 0. The molecule has 0 heterocycles. The van der Waals surface area contributed by atoms with E-state index in [2.05, 4.69) is 374 Å². The van der Waals surface area contributed by atoms with Gasteiger partial charge in [-0.2, -0.15) is 0 Å². The first-order valence-electron chi connectivity index (χ1n) is 34.1.